The van der Waals surface area contributed by atoms with Gasteiger partial charge >= 0.3 is 0 Å². The van der Waals surface area contributed by atoms with Crippen LogP contribution in [0.1, 0.15) is 26.7 Å². The first kappa shape index (κ1) is 11.0. The zero-order valence-electron chi connectivity index (χ0n) is 9.34. The molecule has 2 heteroatoms. The first-order valence-corrected chi connectivity index (χ1v) is 5.75. The molecule has 0 bridgehead atoms. The Balaban J connectivity index is 0.000000396. The number of hydrogen-bond acceptors (Lipinski definition) is 2. The van der Waals surface area contributed by atoms with Gasteiger partial charge in [-0.2, -0.15) is 0 Å². The molecule has 2 fully saturated rings. The molecule has 2 aliphatic heterocycles. The van der Waals surface area contributed by atoms with Crippen molar-refractivity contribution < 1.29 is 0 Å². The monoisotopic (exact) mass is 184 g/mol. The minimum Gasteiger partial charge on any atom is -0.316 e. The molecule has 13 heavy (non-hydrogen) atoms. The molecule has 2 rings (SSSR count). The summed E-state index contributed by atoms with van der Waals surface area (Å²) in [6.45, 7) is 9.21. The van der Waals surface area contributed by atoms with Crippen molar-refractivity contribution in [1.82, 2.24) is 10.2 Å². The van der Waals surface area contributed by atoms with Crippen LogP contribution < -0.4 is 5.32 Å². The Labute approximate surface area is 82.7 Å². The number of piperidine rings is 1. The maximum Gasteiger partial charge on any atom is -0.000558 e. The minimum absolute atomic E-state index is 1.02. The quantitative estimate of drug-likeness (QED) is 0.665. The highest BCUT2D eigenvalue weighted by molar-refractivity contribution is 4.84. The standard InChI is InChI=1S/C9H18N2.C2H6/c1-11-4-2-8(3-5-11)9-6-10-7-9;1-2/h8-10H,2-7H2,1H3;1-2H3. The highest BCUT2D eigenvalue weighted by Gasteiger charge is 2.28. The largest absolute Gasteiger partial charge is 0.316 e. The molecule has 78 valence electrons. The van der Waals surface area contributed by atoms with Gasteiger partial charge in [-0.15, -0.1) is 0 Å². The molecule has 0 radical (unpaired) electrons. The smallest absolute Gasteiger partial charge is 0.000558 e. The topological polar surface area (TPSA) is 15.3 Å². The average Bonchev–Trinajstić information content (AvgIpc) is 2.09. The normalized spacial score (nSPS) is 26.1. The molecule has 0 aromatic heterocycles. The number of nitrogens with zero attached hydrogens (tertiary/aromatic N) is 1. The molecule has 0 unspecified atom stereocenters. The Bertz CT molecular complexity index is 124. The van der Waals surface area contributed by atoms with Crippen molar-refractivity contribution in [3.8, 4) is 0 Å². The van der Waals surface area contributed by atoms with E-state index in [0.717, 1.165) is 11.8 Å². The van der Waals surface area contributed by atoms with Gasteiger partial charge in [0.15, 0.2) is 0 Å². The molecule has 0 aromatic carbocycles. The average molecular weight is 184 g/mol. The van der Waals surface area contributed by atoms with Crippen molar-refractivity contribution >= 4 is 0 Å². The zero-order valence-corrected chi connectivity index (χ0v) is 9.34. The van der Waals surface area contributed by atoms with E-state index >= 15 is 0 Å². The summed E-state index contributed by atoms with van der Waals surface area (Å²) in [5.74, 6) is 2.05. The molecule has 0 amide bonds. The van der Waals surface area contributed by atoms with E-state index in [9.17, 15) is 0 Å². The molecule has 2 saturated heterocycles. The third-order valence-corrected chi connectivity index (χ3v) is 3.24. The molecular formula is C11H24N2. The van der Waals surface area contributed by atoms with Gasteiger partial charge in [-0.1, -0.05) is 13.8 Å². The Morgan fingerprint density at radius 3 is 1.92 bits per heavy atom. The van der Waals surface area contributed by atoms with Crippen LogP contribution in [0.2, 0.25) is 0 Å². The summed E-state index contributed by atoms with van der Waals surface area (Å²) in [5.41, 5.74) is 0. The van der Waals surface area contributed by atoms with E-state index in [1.54, 1.807) is 0 Å². The van der Waals surface area contributed by atoms with Gasteiger partial charge in [-0.25, -0.2) is 0 Å². The molecule has 0 spiro atoms. The van der Waals surface area contributed by atoms with Crippen molar-refractivity contribution in [1.29, 1.82) is 0 Å². The van der Waals surface area contributed by atoms with E-state index in [4.69, 9.17) is 0 Å². The van der Waals surface area contributed by atoms with Gasteiger partial charge < -0.3 is 10.2 Å². The van der Waals surface area contributed by atoms with Gasteiger partial charge in [-0.05, 0) is 57.9 Å². The number of nitrogens with one attached hydrogen (secondary N) is 1. The van der Waals surface area contributed by atoms with Gasteiger partial charge in [0.25, 0.3) is 0 Å². The van der Waals surface area contributed by atoms with Gasteiger partial charge in [0.2, 0.25) is 0 Å². The highest BCUT2D eigenvalue weighted by atomic mass is 15.1. The lowest BCUT2D eigenvalue weighted by Crippen LogP contribution is -2.48. The van der Waals surface area contributed by atoms with Crippen molar-refractivity contribution in [3.63, 3.8) is 0 Å². The van der Waals surface area contributed by atoms with Crippen LogP contribution in [0.5, 0.6) is 0 Å². The van der Waals surface area contributed by atoms with Crippen molar-refractivity contribution in [3.05, 3.63) is 0 Å². The van der Waals surface area contributed by atoms with Crippen LogP contribution in [-0.2, 0) is 0 Å². The molecule has 0 saturated carbocycles. The van der Waals surface area contributed by atoms with E-state index in [1.807, 2.05) is 13.8 Å². The predicted octanol–water partition coefficient (Wildman–Crippen LogP) is 1.57. The first-order chi connectivity index (χ1) is 6.36. The van der Waals surface area contributed by atoms with Crippen LogP contribution in [0.25, 0.3) is 0 Å². The molecule has 2 aliphatic rings. The van der Waals surface area contributed by atoms with E-state index < -0.39 is 0 Å². The molecule has 0 aliphatic carbocycles. The maximum atomic E-state index is 3.36. The molecule has 2 nitrogen and oxygen atoms in total. The lowest BCUT2D eigenvalue weighted by atomic mass is 9.81. The lowest BCUT2D eigenvalue weighted by Gasteiger charge is -2.39. The second kappa shape index (κ2) is 5.61. The van der Waals surface area contributed by atoms with Crippen molar-refractivity contribution in [2.75, 3.05) is 33.2 Å². The summed E-state index contributed by atoms with van der Waals surface area (Å²) in [4.78, 5) is 2.45. The van der Waals surface area contributed by atoms with Crippen LogP contribution in [0.4, 0.5) is 0 Å². The van der Waals surface area contributed by atoms with Gasteiger partial charge in [0.05, 0.1) is 0 Å². The molecule has 0 atom stereocenters. The number of likely N-dealkylation sites (tertiary alicyclic amines) is 1. The Morgan fingerprint density at radius 1 is 1.00 bits per heavy atom. The van der Waals surface area contributed by atoms with Gasteiger partial charge in [0, 0.05) is 0 Å². The lowest BCUT2D eigenvalue weighted by molar-refractivity contribution is 0.137. The second-order valence-electron chi connectivity index (χ2n) is 4.06. The van der Waals surface area contributed by atoms with Crippen LogP contribution >= 0.6 is 0 Å². The molecule has 0 aromatic rings. The summed E-state index contributed by atoms with van der Waals surface area (Å²) in [7, 11) is 2.23. The summed E-state index contributed by atoms with van der Waals surface area (Å²) >= 11 is 0. The Kier molecular flexibility index (Phi) is 4.74. The SMILES string of the molecule is CC.CN1CCC(C2CNC2)CC1. The van der Waals surface area contributed by atoms with Gasteiger partial charge in [-0.3, -0.25) is 0 Å². The van der Waals surface area contributed by atoms with Gasteiger partial charge in [0.1, 0.15) is 0 Å². The third kappa shape index (κ3) is 2.96. The fourth-order valence-electron chi connectivity index (χ4n) is 2.14. The van der Waals surface area contributed by atoms with Crippen LogP contribution in [0.3, 0.4) is 0 Å². The summed E-state index contributed by atoms with van der Waals surface area (Å²) in [6.07, 6.45) is 2.87. The molecule has 2 heterocycles. The van der Waals surface area contributed by atoms with Crippen LogP contribution in [0, 0.1) is 11.8 Å². The highest BCUT2D eigenvalue weighted by Crippen LogP contribution is 2.26. The minimum atomic E-state index is 1.02. The summed E-state index contributed by atoms with van der Waals surface area (Å²) in [5, 5.41) is 3.36. The van der Waals surface area contributed by atoms with Crippen LogP contribution in [-0.4, -0.2) is 38.1 Å². The zero-order chi connectivity index (χ0) is 9.68. The van der Waals surface area contributed by atoms with Crippen molar-refractivity contribution in [2.24, 2.45) is 11.8 Å². The second-order valence-corrected chi connectivity index (χ2v) is 4.06. The van der Waals surface area contributed by atoms with E-state index in [0.29, 0.717) is 0 Å². The third-order valence-electron chi connectivity index (χ3n) is 3.24. The van der Waals surface area contributed by atoms with Crippen molar-refractivity contribution in [2.45, 2.75) is 26.7 Å². The summed E-state index contributed by atoms with van der Waals surface area (Å²) in [6, 6.07) is 0. The first-order valence-electron chi connectivity index (χ1n) is 5.75. The van der Waals surface area contributed by atoms with E-state index in [1.165, 1.54) is 39.0 Å². The maximum absolute atomic E-state index is 3.36. The predicted molar refractivity (Wildman–Crippen MR) is 57.9 cm³/mol. The fourth-order valence-corrected chi connectivity index (χ4v) is 2.14. The number of rotatable bonds is 1. The summed E-state index contributed by atoms with van der Waals surface area (Å²) < 4.78 is 0. The Morgan fingerprint density at radius 2 is 1.54 bits per heavy atom. The van der Waals surface area contributed by atoms with Crippen LogP contribution in [0.15, 0.2) is 0 Å². The molecular weight excluding hydrogens is 160 g/mol. The fraction of sp³-hybridized carbons (Fsp3) is 1.00. The number of hydrogen-bond donors (Lipinski definition) is 1. The Hall–Kier alpha value is -0.0800. The van der Waals surface area contributed by atoms with E-state index in [-0.39, 0.29) is 0 Å². The molecule has 1 N–H and O–H groups in total. The van der Waals surface area contributed by atoms with E-state index in [2.05, 4.69) is 17.3 Å².